The number of hydrogen-bond donors (Lipinski definition) is 2. The maximum absolute atomic E-state index is 13.6. The Balaban J connectivity index is 1.80. The highest BCUT2D eigenvalue weighted by Crippen LogP contribution is 2.27. The fourth-order valence-electron chi connectivity index (χ4n) is 2.28. The van der Waals surface area contributed by atoms with Crippen LogP contribution in [0.1, 0.15) is 11.1 Å². The van der Waals surface area contributed by atoms with Crippen molar-refractivity contribution in [2.75, 3.05) is 20.8 Å². The lowest BCUT2D eigenvalue weighted by atomic mass is 10.1. The maximum Gasteiger partial charge on any atom is 0.315 e. The molecule has 0 saturated heterocycles. The lowest BCUT2D eigenvalue weighted by Crippen LogP contribution is -2.36. The van der Waals surface area contributed by atoms with Gasteiger partial charge in [0.25, 0.3) is 0 Å². The summed E-state index contributed by atoms with van der Waals surface area (Å²) in [7, 11) is 3.13. The number of halogens is 2. The fraction of sp³-hybridized carbons (Fsp3) is 0.278. The van der Waals surface area contributed by atoms with Gasteiger partial charge in [0.15, 0.2) is 11.5 Å². The van der Waals surface area contributed by atoms with E-state index in [1.807, 2.05) is 6.07 Å². The third kappa shape index (κ3) is 5.63. The number of carbonyl (C=O) groups is 1. The average molecular weight is 411 g/mol. The Morgan fingerprint density at radius 1 is 1.08 bits per heavy atom. The number of rotatable bonds is 7. The molecule has 0 bridgehead atoms. The van der Waals surface area contributed by atoms with E-state index in [1.165, 1.54) is 6.07 Å². The van der Waals surface area contributed by atoms with E-state index < -0.39 is 0 Å². The molecule has 0 saturated carbocycles. The first kappa shape index (κ1) is 19.1. The molecule has 25 heavy (non-hydrogen) atoms. The molecule has 2 aromatic rings. The number of ether oxygens (including phenoxy) is 2. The lowest BCUT2D eigenvalue weighted by Gasteiger charge is -2.11. The smallest absolute Gasteiger partial charge is 0.315 e. The second-order valence-corrected chi connectivity index (χ2v) is 6.20. The van der Waals surface area contributed by atoms with Crippen LogP contribution in [0.5, 0.6) is 11.5 Å². The van der Waals surface area contributed by atoms with E-state index in [1.54, 1.807) is 38.5 Å². The van der Waals surface area contributed by atoms with E-state index in [4.69, 9.17) is 9.47 Å². The van der Waals surface area contributed by atoms with E-state index in [0.717, 1.165) is 10.0 Å². The Morgan fingerprint density at radius 2 is 1.84 bits per heavy atom. The minimum absolute atomic E-state index is 0.282. The van der Waals surface area contributed by atoms with Gasteiger partial charge in [0, 0.05) is 17.6 Å². The maximum atomic E-state index is 13.6. The molecule has 0 aliphatic carbocycles. The zero-order valence-corrected chi connectivity index (χ0v) is 15.7. The molecular weight excluding hydrogens is 391 g/mol. The summed E-state index contributed by atoms with van der Waals surface area (Å²) in [5, 5.41) is 5.46. The summed E-state index contributed by atoms with van der Waals surface area (Å²) in [6, 6.07) is 9.86. The zero-order valence-electron chi connectivity index (χ0n) is 14.1. The summed E-state index contributed by atoms with van der Waals surface area (Å²) in [6.45, 7) is 0.683. The zero-order chi connectivity index (χ0) is 18.2. The van der Waals surface area contributed by atoms with Crippen molar-refractivity contribution in [1.82, 2.24) is 10.6 Å². The van der Waals surface area contributed by atoms with Crippen LogP contribution in [0.2, 0.25) is 0 Å². The highest BCUT2D eigenvalue weighted by atomic mass is 79.9. The fourth-order valence-corrected chi connectivity index (χ4v) is 2.69. The molecule has 0 fully saturated rings. The van der Waals surface area contributed by atoms with Gasteiger partial charge < -0.3 is 20.1 Å². The molecule has 5 nitrogen and oxygen atoms in total. The first-order valence-electron chi connectivity index (χ1n) is 7.70. The van der Waals surface area contributed by atoms with Gasteiger partial charge in [0.1, 0.15) is 5.82 Å². The van der Waals surface area contributed by atoms with Gasteiger partial charge in [0.05, 0.1) is 14.2 Å². The normalized spacial score (nSPS) is 10.2. The predicted molar refractivity (Wildman–Crippen MR) is 97.6 cm³/mol. The molecule has 134 valence electrons. The molecule has 2 amide bonds. The number of benzene rings is 2. The van der Waals surface area contributed by atoms with Crippen LogP contribution in [0.15, 0.2) is 40.9 Å². The average Bonchev–Trinajstić information content (AvgIpc) is 2.62. The van der Waals surface area contributed by atoms with Crippen LogP contribution in [0.3, 0.4) is 0 Å². The van der Waals surface area contributed by atoms with Gasteiger partial charge >= 0.3 is 6.03 Å². The molecule has 2 N–H and O–H groups in total. The van der Waals surface area contributed by atoms with Crippen LogP contribution >= 0.6 is 15.9 Å². The van der Waals surface area contributed by atoms with Crippen molar-refractivity contribution in [3.05, 3.63) is 57.8 Å². The number of amides is 2. The van der Waals surface area contributed by atoms with Crippen LogP contribution < -0.4 is 20.1 Å². The minimum Gasteiger partial charge on any atom is -0.493 e. The van der Waals surface area contributed by atoms with Gasteiger partial charge in [-0.15, -0.1) is 0 Å². The molecule has 0 unspecified atom stereocenters. The lowest BCUT2D eigenvalue weighted by molar-refractivity contribution is 0.240. The molecule has 7 heteroatoms. The van der Waals surface area contributed by atoms with Crippen molar-refractivity contribution in [3.8, 4) is 11.5 Å². The standard InChI is InChI=1S/C18H20BrFN2O3/c1-24-16-6-3-12(9-17(16)25-2)11-22-18(23)21-8-7-13-10-14(19)4-5-15(13)20/h3-6,9-10H,7-8,11H2,1-2H3,(H2,21,22,23). The van der Waals surface area contributed by atoms with E-state index in [9.17, 15) is 9.18 Å². The molecule has 0 aliphatic rings. The van der Waals surface area contributed by atoms with Gasteiger partial charge in [-0.05, 0) is 47.9 Å². The first-order valence-corrected chi connectivity index (χ1v) is 8.49. The number of urea groups is 1. The van der Waals surface area contributed by atoms with Gasteiger partial charge in [-0.25, -0.2) is 9.18 Å². The molecule has 0 heterocycles. The summed E-state index contributed by atoms with van der Waals surface area (Å²) < 4.78 is 24.8. The van der Waals surface area contributed by atoms with Crippen LogP contribution in [0, 0.1) is 5.82 Å². The summed E-state index contributed by atoms with van der Waals surface area (Å²) in [5.41, 5.74) is 1.43. The number of methoxy groups -OCH3 is 2. The minimum atomic E-state index is -0.315. The Hall–Kier alpha value is -2.28. The Morgan fingerprint density at radius 3 is 2.56 bits per heavy atom. The Labute approximate surface area is 154 Å². The van der Waals surface area contributed by atoms with Crippen molar-refractivity contribution in [3.63, 3.8) is 0 Å². The van der Waals surface area contributed by atoms with Crippen molar-refractivity contribution in [1.29, 1.82) is 0 Å². The number of carbonyl (C=O) groups excluding carboxylic acids is 1. The SMILES string of the molecule is COc1ccc(CNC(=O)NCCc2cc(Br)ccc2F)cc1OC. The summed E-state index contributed by atoms with van der Waals surface area (Å²) in [6.07, 6.45) is 0.412. The largest absolute Gasteiger partial charge is 0.493 e. The van der Waals surface area contributed by atoms with Gasteiger partial charge in [-0.1, -0.05) is 22.0 Å². The summed E-state index contributed by atoms with van der Waals surface area (Å²) in [5.74, 6) is 0.954. The van der Waals surface area contributed by atoms with Gasteiger partial charge in [-0.2, -0.15) is 0 Å². The third-order valence-electron chi connectivity index (χ3n) is 3.59. The molecule has 0 radical (unpaired) electrons. The van der Waals surface area contributed by atoms with Crippen molar-refractivity contribution < 1.29 is 18.7 Å². The topological polar surface area (TPSA) is 59.6 Å². The quantitative estimate of drug-likeness (QED) is 0.732. The number of nitrogens with one attached hydrogen (secondary N) is 2. The molecule has 0 atom stereocenters. The second kappa shape index (κ2) is 9.27. The molecule has 2 rings (SSSR count). The van der Waals surface area contributed by atoms with E-state index in [2.05, 4.69) is 26.6 Å². The Kier molecular flexibility index (Phi) is 7.06. The monoisotopic (exact) mass is 410 g/mol. The van der Waals surface area contributed by atoms with Crippen molar-refractivity contribution in [2.45, 2.75) is 13.0 Å². The highest BCUT2D eigenvalue weighted by molar-refractivity contribution is 9.10. The summed E-state index contributed by atoms with van der Waals surface area (Å²) >= 11 is 3.30. The van der Waals surface area contributed by atoms with Crippen LogP contribution in [0.4, 0.5) is 9.18 Å². The van der Waals surface area contributed by atoms with E-state index in [-0.39, 0.29) is 11.8 Å². The molecule has 0 aromatic heterocycles. The van der Waals surface area contributed by atoms with Crippen LogP contribution in [-0.2, 0) is 13.0 Å². The van der Waals surface area contributed by atoms with Crippen LogP contribution in [-0.4, -0.2) is 26.8 Å². The third-order valence-corrected chi connectivity index (χ3v) is 4.08. The molecular formula is C18H20BrFN2O3. The van der Waals surface area contributed by atoms with Crippen LogP contribution in [0.25, 0.3) is 0 Å². The second-order valence-electron chi connectivity index (χ2n) is 5.28. The summed E-state index contributed by atoms with van der Waals surface area (Å²) in [4.78, 5) is 11.9. The molecule has 0 spiro atoms. The van der Waals surface area contributed by atoms with Gasteiger partial charge in [0.2, 0.25) is 0 Å². The predicted octanol–water partition coefficient (Wildman–Crippen LogP) is 3.65. The number of hydrogen-bond acceptors (Lipinski definition) is 3. The molecule has 2 aromatic carbocycles. The van der Waals surface area contributed by atoms with Crippen molar-refractivity contribution in [2.24, 2.45) is 0 Å². The van der Waals surface area contributed by atoms with Crippen molar-refractivity contribution >= 4 is 22.0 Å². The highest BCUT2D eigenvalue weighted by Gasteiger charge is 2.07. The van der Waals surface area contributed by atoms with Gasteiger partial charge in [-0.3, -0.25) is 0 Å². The Bertz CT molecular complexity index is 740. The first-order chi connectivity index (χ1) is 12.0. The van der Waals surface area contributed by atoms with E-state index in [0.29, 0.717) is 36.6 Å². The van der Waals surface area contributed by atoms with E-state index >= 15 is 0 Å². The molecule has 0 aliphatic heterocycles.